The molecule has 0 spiro atoms. The SMILES string of the molecule is CCN(c1nc2ccccn2c1CBr)C(C)CN(C)C. The fourth-order valence-electron chi connectivity index (χ4n) is 2.69. The third-order valence-electron chi connectivity index (χ3n) is 3.51. The largest absolute Gasteiger partial charge is 0.351 e. The Balaban J connectivity index is 2.43. The van der Waals surface area contributed by atoms with Crippen LogP contribution in [0.3, 0.4) is 0 Å². The lowest BCUT2D eigenvalue weighted by Gasteiger charge is -2.31. The average Bonchev–Trinajstić information content (AvgIpc) is 2.76. The zero-order valence-corrected chi connectivity index (χ0v) is 14.3. The predicted molar refractivity (Wildman–Crippen MR) is 88.9 cm³/mol. The molecule has 5 heteroatoms. The Morgan fingerprint density at radius 3 is 2.70 bits per heavy atom. The van der Waals surface area contributed by atoms with E-state index in [2.05, 4.69) is 70.3 Å². The Bertz CT molecular complexity index is 564. The van der Waals surface area contributed by atoms with Crippen LogP contribution in [0.5, 0.6) is 0 Å². The number of halogens is 1. The molecule has 2 rings (SSSR count). The number of hydrogen-bond acceptors (Lipinski definition) is 3. The standard InChI is InChI=1S/C15H23BrN4/c1-5-19(12(2)11-18(3)4)15-13(10-16)20-9-7-6-8-14(20)17-15/h6-9,12H,5,10-11H2,1-4H3. The Morgan fingerprint density at radius 2 is 2.10 bits per heavy atom. The first kappa shape index (κ1) is 15.3. The molecule has 0 fully saturated rings. The van der Waals surface area contributed by atoms with Crippen molar-refractivity contribution in [3.05, 3.63) is 30.1 Å². The van der Waals surface area contributed by atoms with E-state index < -0.39 is 0 Å². The first-order chi connectivity index (χ1) is 9.58. The minimum absolute atomic E-state index is 0.428. The number of rotatable bonds is 6. The van der Waals surface area contributed by atoms with Crippen molar-refractivity contribution >= 4 is 27.4 Å². The summed E-state index contributed by atoms with van der Waals surface area (Å²) < 4.78 is 2.16. The second-order valence-corrected chi connectivity index (χ2v) is 5.90. The van der Waals surface area contributed by atoms with Gasteiger partial charge in [0.15, 0.2) is 5.82 Å². The van der Waals surface area contributed by atoms with E-state index in [4.69, 9.17) is 4.98 Å². The highest BCUT2D eigenvalue weighted by molar-refractivity contribution is 9.08. The number of pyridine rings is 1. The number of alkyl halides is 1. The molecule has 2 heterocycles. The van der Waals surface area contributed by atoms with Crippen molar-refractivity contribution in [2.75, 3.05) is 32.1 Å². The van der Waals surface area contributed by atoms with Gasteiger partial charge in [0, 0.05) is 30.7 Å². The molecule has 0 aromatic carbocycles. The van der Waals surface area contributed by atoms with E-state index in [0.717, 1.165) is 29.9 Å². The summed E-state index contributed by atoms with van der Waals surface area (Å²) in [5, 5.41) is 0.804. The number of aromatic nitrogens is 2. The van der Waals surface area contributed by atoms with Crippen LogP contribution < -0.4 is 4.90 Å². The van der Waals surface area contributed by atoms with Crippen molar-refractivity contribution in [1.29, 1.82) is 0 Å². The highest BCUT2D eigenvalue weighted by atomic mass is 79.9. The highest BCUT2D eigenvalue weighted by Gasteiger charge is 2.21. The maximum absolute atomic E-state index is 4.82. The Morgan fingerprint density at radius 1 is 1.35 bits per heavy atom. The van der Waals surface area contributed by atoms with Crippen molar-refractivity contribution < 1.29 is 0 Å². The molecule has 0 bridgehead atoms. The summed E-state index contributed by atoms with van der Waals surface area (Å²) >= 11 is 3.61. The molecule has 0 N–H and O–H groups in total. The fourth-order valence-corrected chi connectivity index (χ4v) is 3.21. The van der Waals surface area contributed by atoms with Gasteiger partial charge in [-0.2, -0.15) is 0 Å². The van der Waals surface area contributed by atoms with Crippen LogP contribution in [0.25, 0.3) is 5.65 Å². The van der Waals surface area contributed by atoms with E-state index in [9.17, 15) is 0 Å². The second-order valence-electron chi connectivity index (χ2n) is 5.34. The number of fused-ring (bicyclic) bond motifs is 1. The van der Waals surface area contributed by atoms with E-state index in [1.807, 2.05) is 12.1 Å². The fraction of sp³-hybridized carbons (Fsp3) is 0.533. The van der Waals surface area contributed by atoms with E-state index in [-0.39, 0.29) is 0 Å². The molecule has 0 saturated carbocycles. The lowest BCUT2D eigenvalue weighted by atomic mass is 10.2. The third kappa shape index (κ3) is 2.99. The molecule has 0 radical (unpaired) electrons. The lowest BCUT2D eigenvalue weighted by Crippen LogP contribution is -2.40. The van der Waals surface area contributed by atoms with Gasteiger partial charge < -0.3 is 14.2 Å². The number of likely N-dealkylation sites (N-methyl/N-ethyl adjacent to an activating group) is 2. The first-order valence-electron chi connectivity index (χ1n) is 7.01. The van der Waals surface area contributed by atoms with Crippen molar-refractivity contribution in [1.82, 2.24) is 14.3 Å². The predicted octanol–water partition coefficient (Wildman–Crippen LogP) is 3.01. The summed E-state index contributed by atoms with van der Waals surface area (Å²) in [5.74, 6) is 1.09. The van der Waals surface area contributed by atoms with Crippen LogP contribution in [-0.2, 0) is 5.33 Å². The van der Waals surface area contributed by atoms with Gasteiger partial charge in [0.05, 0.1) is 5.69 Å². The molecule has 0 aliphatic rings. The number of nitrogens with zero attached hydrogens (tertiary/aromatic N) is 4. The van der Waals surface area contributed by atoms with Crippen LogP contribution >= 0.6 is 15.9 Å². The van der Waals surface area contributed by atoms with Gasteiger partial charge in [-0.05, 0) is 40.1 Å². The van der Waals surface area contributed by atoms with E-state index in [1.165, 1.54) is 5.69 Å². The molecular formula is C15H23BrN4. The van der Waals surface area contributed by atoms with Gasteiger partial charge in [0.2, 0.25) is 0 Å². The van der Waals surface area contributed by atoms with E-state index in [1.54, 1.807) is 0 Å². The average molecular weight is 339 g/mol. The van der Waals surface area contributed by atoms with Crippen molar-refractivity contribution in [2.45, 2.75) is 25.2 Å². The van der Waals surface area contributed by atoms with Gasteiger partial charge in [0.1, 0.15) is 5.65 Å². The molecule has 0 amide bonds. The molecule has 0 saturated heterocycles. The van der Waals surface area contributed by atoms with E-state index in [0.29, 0.717) is 6.04 Å². The van der Waals surface area contributed by atoms with Gasteiger partial charge in [-0.1, -0.05) is 22.0 Å². The van der Waals surface area contributed by atoms with Crippen LogP contribution in [0, 0.1) is 0 Å². The molecular weight excluding hydrogens is 316 g/mol. The Kier molecular flexibility index (Phi) is 5.05. The van der Waals surface area contributed by atoms with Gasteiger partial charge in [-0.15, -0.1) is 0 Å². The molecule has 1 unspecified atom stereocenters. The zero-order chi connectivity index (χ0) is 14.7. The monoisotopic (exact) mass is 338 g/mol. The maximum atomic E-state index is 4.82. The minimum atomic E-state index is 0.428. The molecule has 20 heavy (non-hydrogen) atoms. The van der Waals surface area contributed by atoms with Crippen LogP contribution in [0.15, 0.2) is 24.4 Å². The molecule has 0 aliphatic heterocycles. The Labute approximate surface area is 129 Å². The lowest BCUT2D eigenvalue weighted by molar-refractivity contribution is 0.372. The molecule has 110 valence electrons. The van der Waals surface area contributed by atoms with Crippen LogP contribution in [0.1, 0.15) is 19.5 Å². The second kappa shape index (κ2) is 6.59. The van der Waals surface area contributed by atoms with Crippen LogP contribution in [0.2, 0.25) is 0 Å². The Hall–Kier alpha value is -1.07. The topological polar surface area (TPSA) is 23.8 Å². The maximum Gasteiger partial charge on any atom is 0.152 e. The number of anilines is 1. The number of hydrogen-bond donors (Lipinski definition) is 0. The zero-order valence-electron chi connectivity index (χ0n) is 12.7. The summed E-state index contributed by atoms with van der Waals surface area (Å²) in [6.45, 7) is 6.42. The molecule has 2 aromatic rings. The smallest absolute Gasteiger partial charge is 0.152 e. The van der Waals surface area contributed by atoms with Gasteiger partial charge >= 0.3 is 0 Å². The molecule has 4 nitrogen and oxygen atoms in total. The van der Waals surface area contributed by atoms with Crippen molar-refractivity contribution in [3.63, 3.8) is 0 Å². The summed E-state index contributed by atoms with van der Waals surface area (Å²) in [4.78, 5) is 9.42. The van der Waals surface area contributed by atoms with Gasteiger partial charge in [0.25, 0.3) is 0 Å². The summed E-state index contributed by atoms with van der Waals surface area (Å²) in [5.41, 5.74) is 2.22. The normalized spacial score (nSPS) is 13.1. The molecule has 1 atom stereocenters. The van der Waals surface area contributed by atoms with E-state index >= 15 is 0 Å². The molecule has 2 aromatic heterocycles. The first-order valence-corrected chi connectivity index (χ1v) is 8.13. The van der Waals surface area contributed by atoms with Crippen LogP contribution in [-0.4, -0.2) is 47.5 Å². The summed E-state index contributed by atoms with van der Waals surface area (Å²) in [7, 11) is 4.22. The van der Waals surface area contributed by atoms with Crippen molar-refractivity contribution in [3.8, 4) is 0 Å². The summed E-state index contributed by atoms with van der Waals surface area (Å²) in [6, 6.07) is 6.56. The number of imidazole rings is 1. The highest BCUT2D eigenvalue weighted by Crippen LogP contribution is 2.25. The summed E-state index contributed by atoms with van der Waals surface area (Å²) in [6.07, 6.45) is 2.08. The minimum Gasteiger partial charge on any atom is -0.351 e. The van der Waals surface area contributed by atoms with Gasteiger partial charge in [-0.25, -0.2) is 4.98 Å². The van der Waals surface area contributed by atoms with Gasteiger partial charge in [-0.3, -0.25) is 0 Å². The van der Waals surface area contributed by atoms with Crippen molar-refractivity contribution in [2.24, 2.45) is 0 Å². The molecule has 0 aliphatic carbocycles. The quantitative estimate of drug-likeness (QED) is 0.756. The third-order valence-corrected chi connectivity index (χ3v) is 4.04. The van der Waals surface area contributed by atoms with Crippen LogP contribution in [0.4, 0.5) is 5.82 Å².